The van der Waals surface area contributed by atoms with Crippen LogP contribution in [-0.2, 0) is 0 Å². The van der Waals surface area contributed by atoms with Crippen LogP contribution in [0.2, 0.25) is 0 Å². The smallest absolute Gasteiger partial charge is 0.125 e. The quantitative estimate of drug-likeness (QED) is 0.848. The van der Waals surface area contributed by atoms with Crippen LogP contribution in [-0.4, -0.2) is 24.2 Å². The number of fused-ring (bicyclic) bond motifs is 1. The van der Waals surface area contributed by atoms with Crippen molar-refractivity contribution >= 4 is 11.8 Å². The molecule has 4 heteroatoms. The van der Waals surface area contributed by atoms with Crippen molar-refractivity contribution in [3.05, 3.63) is 23.8 Å². The Morgan fingerprint density at radius 1 is 1.39 bits per heavy atom. The largest absolute Gasteiger partial charge is 0.497 e. The van der Waals surface area contributed by atoms with E-state index in [0.717, 1.165) is 36.3 Å². The van der Waals surface area contributed by atoms with Gasteiger partial charge < -0.3 is 15.2 Å². The molecule has 0 amide bonds. The summed E-state index contributed by atoms with van der Waals surface area (Å²) in [4.78, 5) is 0. The number of hydrogen-bond donors (Lipinski definition) is 1. The van der Waals surface area contributed by atoms with E-state index in [1.54, 1.807) is 7.11 Å². The molecule has 1 spiro atoms. The lowest BCUT2D eigenvalue weighted by Gasteiger charge is -2.43. The summed E-state index contributed by atoms with van der Waals surface area (Å²) in [5, 5.41) is 0. The molecule has 1 saturated heterocycles. The Labute approximate surface area is 112 Å². The van der Waals surface area contributed by atoms with Crippen LogP contribution in [0.5, 0.6) is 11.5 Å². The standard InChI is InChI=1S/C14H19NO2S/c1-16-10-2-3-13-11(8-10)12(15)9-14(17-13)4-6-18-7-5-14/h2-3,8,12H,4-7,9,15H2,1H3. The predicted molar refractivity (Wildman–Crippen MR) is 74.5 cm³/mol. The number of benzene rings is 1. The van der Waals surface area contributed by atoms with E-state index >= 15 is 0 Å². The van der Waals surface area contributed by atoms with Crippen LogP contribution in [0.15, 0.2) is 18.2 Å². The Bertz CT molecular complexity index is 443. The van der Waals surface area contributed by atoms with Crippen molar-refractivity contribution in [2.24, 2.45) is 5.73 Å². The van der Waals surface area contributed by atoms with Gasteiger partial charge in [0.15, 0.2) is 0 Å². The van der Waals surface area contributed by atoms with Crippen LogP contribution in [0.3, 0.4) is 0 Å². The molecule has 2 aliphatic heterocycles. The van der Waals surface area contributed by atoms with E-state index < -0.39 is 0 Å². The van der Waals surface area contributed by atoms with Crippen molar-refractivity contribution in [3.8, 4) is 11.5 Å². The first kappa shape index (κ1) is 12.2. The van der Waals surface area contributed by atoms with Gasteiger partial charge in [-0.25, -0.2) is 0 Å². The van der Waals surface area contributed by atoms with Crippen LogP contribution in [0, 0.1) is 0 Å². The molecular weight excluding hydrogens is 246 g/mol. The monoisotopic (exact) mass is 265 g/mol. The van der Waals surface area contributed by atoms with Gasteiger partial charge in [0.25, 0.3) is 0 Å². The molecule has 0 aliphatic carbocycles. The zero-order valence-corrected chi connectivity index (χ0v) is 11.5. The van der Waals surface area contributed by atoms with Gasteiger partial charge in [0.2, 0.25) is 0 Å². The molecule has 0 bridgehead atoms. The zero-order chi connectivity index (χ0) is 12.6. The van der Waals surface area contributed by atoms with Crippen molar-refractivity contribution < 1.29 is 9.47 Å². The highest BCUT2D eigenvalue weighted by atomic mass is 32.2. The normalized spacial score (nSPS) is 25.3. The lowest BCUT2D eigenvalue weighted by atomic mass is 9.83. The molecule has 2 N–H and O–H groups in total. The summed E-state index contributed by atoms with van der Waals surface area (Å²) >= 11 is 2.01. The SMILES string of the molecule is COc1ccc2c(c1)C(N)CC1(CCSCC1)O2. The lowest BCUT2D eigenvalue weighted by molar-refractivity contribution is 0.0278. The molecule has 1 aromatic rings. The summed E-state index contributed by atoms with van der Waals surface area (Å²) in [5.74, 6) is 4.15. The fourth-order valence-corrected chi connectivity index (χ4v) is 4.11. The van der Waals surface area contributed by atoms with Gasteiger partial charge in [0.1, 0.15) is 17.1 Å². The lowest BCUT2D eigenvalue weighted by Crippen LogP contribution is -2.45. The molecule has 0 radical (unpaired) electrons. The number of rotatable bonds is 1. The van der Waals surface area contributed by atoms with E-state index in [-0.39, 0.29) is 11.6 Å². The molecule has 0 saturated carbocycles. The van der Waals surface area contributed by atoms with E-state index in [9.17, 15) is 0 Å². The minimum Gasteiger partial charge on any atom is -0.497 e. The maximum absolute atomic E-state index is 6.33. The molecule has 98 valence electrons. The van der Waals surface area contributed by atoms with Crippen LogP contribution >= 0.6 is 11.8 Å². The van der Waals surface area contributed by atoms with E-state index in [0.29, 0.717) is 0 Å². The molecule has 3 rings (SSSR count). The number of hydrogen-bond acceptors (Lipinski definition) is 4. The fourth-order valence-electron chi connectivity index (χ4n) is 2.87. The molecule has 1 atom stereocenters. The first-order valence-electron chi connectivity index (χ1n) is 6.43. The minimum absolute atomic E-state index is 0.0216. The number of ether oxygens (including phenoxy) is 2. The number of nitrogens with two attached hydrogens (primary N) is 1. The first-order valence-corrected chi connectivity index (χ1v) is 7.58. The highest BCUT2D eigenvalue weighted by Gasteiger charge is 2.40. The van der Waals surface area contributed by atoms with Gasteiger partial charge in [-0.2, -0.15) is 11.8 Å². The average Bonchev–Trinajstić information content (AvgIpc) is 2.39. The Kier molecular flexibility index (Phi) is 3.16. The van der Waals surface area contributed by atoms with Crippen molar-refractivity contribution in [2.75, 3.05) is 18.6 Å². The third kappa shape index (κ3) is 2.08. The fraction of sp³-hybridized carbons (Fsp3) is 0.571. The van der Waals surface area contributed by atoms with Crippen LogP contribution in [0.25, 0.3) is 0 Å². The summed E-state index contributed by atoms with van der Waals surface area (Å²) in [7, 11) is 1.68. The van der Waals surface area contributed by atoms with Gasteiger partial charge >= 0.3 is 0 Å². The zero-order valence-electron chi connectivity index (χ0n) is 10.6. The highest BCUT2D eigenvalue weighted by Crippen LogP contribution is 2.45. The summed E-state index contributed by atoms with van der Waals surface area (Å²) in [5.41, 5.74) is 7.39. The predicted octanol–water partition coefficient (Wildman–Crippen LogP) is 2.74. The van der Waals surface area contributed by atoms with Gasteiger partial charge in [0.05, 0.1) is 7.11 Å². The van der Waals surface area contributed by atoms with Crippen molar-refractivity contribution in [1.29, 1.82) is 0 Å². The van der Waals surface area contributed by atoms with Gasteiger partial charge in [-0.15, -0.1) is 0 Å². The molecule has 3 nitrogen and oxygen atoms in total. The van der Waals surface area contributed by atoms with E-state index in [1.807, 2.05) is 30.0 Å². The summed E-state index contributed by atoms with van der Waals surface area (Å²) in [6, 6.07) is 6.01. The average molecular weight is 265 g/mol. The van der Waals surface area contributed by atoms with Crippen LogP contribution < -0.4 is 15.2 Å². The highest BCUT2D eigenvalue weighted by molar-refractivity contribution is 7.99. The third-order valence-electron chi connectivity index (χ3n) is 3.94. The summed E-state index contributed by atoms with van der Waals surface area (Å²) in [6.45, 7) is 0. The second kappa shape index (κ2) is 4.67. The second-order valence-corrected chi connectivity index (χ2v) is 6.34. The Hall–Kier alpha value is -0.870. The van der Waals surface area contributed by atoms with Gasteiger partial charge in [0, 0.05) is 18.0 Å². The number of thioether (sulfide) groups is 1. The minimum atomic E-state index is -0.0216. The van der Waals surface area contributed by atoms with E-state index in [1.165, 1.54) is 11.5 Å². The number of methoxy groups -OCH3 is 1. The van der Waals surface area contributed by atoms with Crippen molar-refractivity contribution in [2.45, 2.75) is 30.9 Å². The molecule has 1 aromatic carbocycles. The molecule has 2 heterocycles. The van der Waals surface area contributed by atoms with Crippen LogP contribution in [0.4, 0.5) is 0 Å². The molecule has 1 fully saturated rings. The van der Waals surface area contributed by atoms with Crippen molar-refractivity contribution in [3.63, 3.8) is 0 Å². The van der Waals surface area contributed by atoms with Gasteiger partial charge in [-0.05, 0) is 42.5 Å². The topological polar surface area (TPSA) is 44.5 Å². The molecule has 2 aliphatic rings. The molecule has 0 aromatic heterocycles. The molecule has 18 heavy (non-hydrogen) atoms. The van der Waals surface area contributed by atoms with Gasteiger partial charge in [-0.1, -0.05) is 0 Å². The maximum Gasteiger partial charge on any atom is 0.125 e. The summed E-state index contributed by atoms with van der Waals surface area (Å²) < 4.78 is 11.5. The van der Waals surface area contributed by atoms with E-state index in [4.69, 9.17) is 15.2 Å². The Balaban J connectivity index is 1.92. The van der Waals surface area contributed by atoms with E-state index in [2.05, 4.69) is 0 Å². The Morgan fingerprint density at radius 2 is 2.17 bits per heavy atom. The van der Waals surface area contributed by atoms with Crippen molar-refractivity contribution in [1.82, 2.24) is 0 Å². The second-order valence-electron chi connectivity index (χ2n) is 5.11. The molecular formula is C14H19NO2S. The van der Waals surface area contributed by atoms with Crippen LogP contribution in [0.1, 0.15) is 30.9 Å². The maximum atomic E-state index is 6.33. The Morgan fingerprint density at radius 3 is 2.89 bits per heavy atom. The first-order chi connectivity index (χ1) is 8.72. The van der Waals surface area contributed by atoms with Gasteiger partial charge in [-0.3, -0.25) is 0 Å². The molecule has 1 unspecified atom stereocenters. The third-order valence-corrected chi connectivity index (χ3v) is 4.92. The summed E-state index contributed by atoms with van der Waals surface area (Å²) in [6.07, 6.45) is 3.14.